The molecule has 3 rings (SSSR count). The fourth-order valence-electron chi connectivity index (χ4n) is 3.21. The summed E-state index contributed by atoms with van der Waals surface area (Å²) in [6, 6.07) is 10.9. The normalized spacial score (nSPS) is 16.1. The molecule has 0 radical (unpaired) electrons. The second-order valence-corrected chi connectivity index (χ2v) is 8.90. The van der Waals surface area contributed by atoms with E-state index in [-0.39, 0.29) is 31.1 Å². The monoisotopic (exact) mass is 454 g/mol. The number of nitrogens with zero attached hydrogens (tertiary/aromatic N) is 2. The van der Waals surface area contributed by atoms with E-state index in [1.807, 2.05) is 0 Å². The maximum atomic E-state index is 12.9. The molecule has 6 nitrogen and oxygen atoms in total. The first kappa shape index (κ1) is 23.0. The van der Waals surface area contributed by atoms with Crippen molar-refractivity contribution in [2.75, 3.05) is 37.7 Å². The molecule has 0 aliphatic carbocycles. The molecule has 0 spiro atoms. The molecule has 1 aliphatic rings. The Morgan fingerprint density at radius 2 is 1.68 bits per heavy atom. The number of aliphatic hydroxyl groups excluding tert-OH is 1. The third kappa shape index (κ3) is 5.52. The number of hydrogen-bond donors (Lipinski definition) is 1. The van der Waals surface area contributed by atoms with Crippen LogP contribution in [0.15, 0.2) is 59.5 Å². The Morgan fingerprint density at radius 1 is 1.03 bits per heavy atom. The van der Waals surface area contributed by atoms with Gasteiger partial charge in [0, 0.05) is 31.9 Å². The van der Waals surface area contributed by atoms with Gasteiger partial charge in [-0.3, -0.25) is 4.79 Å². The van der Waals surface area contributed by atoms with Gasteiger partial charge in [-0.2, -0.15) is 17.5 Å². The summed E-state index contributed by atoms with van der Waals surface area (Å²) in [5.41, 5.74) is 0.269. The van der Waals surface area contributed by atoms with Crippen LogP contribution < -0.4 is 4.90 Å². The summed E-state index contributed by atoms with van der Waals surface area (Å²) in [4.78, 5) is 12.9. The van der Waals surface area contributed by atoms with Gasteiger partial charge < -0.3 is 10.0 Å². The zero-order valence-corrected chi connectivity index (χ0v) is 17.2. The molecule has 10 heteroatoms. The number of aliphatic hydroxyl groups is 1. The number of hydrogen-bond acceptors (Lipinski definition) is 5. The van der Waals surface area contributed by atoms with Crippen LogP contribution in [0.4, 0.5) is 18.9 Å². The maximum Gasteiger partial charge on any atom is 0.416 e. The van der Waals surface area contributed by atoms with Crippen LogP contribution in [-0.2, 0) is 21.0 Å². The van der Waals surface area contributed by atoms with Crippen molar-refractivity contribution in [1.29, 1.82) is 0 Å². The van der Waals surface area contributed by atoms with Gasteiger partial charge in [0.05, 0.1) is 10.5 Å². The number of ketones is 1. The highest BCUT2D eigenvalue weighted by Gasteiger charge is 2.32. The Kier molecular flexibility index (Phi) is 6.83. The van der Waals surface area contributed by atoms with E-state index >= 15 is 0 Å². The predicted molar refractivity (Wildman–Crippen MR) is 110 cm³/mol. The number of piperazine rings is 1. The number of carbonyl (C=O) groups excluding carboxylic acids is 1. The number of rotatable bonds is 6. The van der Waals surface area contributed by atoms with Crippen molar-refractivity contribution in [3.63, 3.8) is 0 Å². The number of sulfonamides is 1. The molecule has 2 aromatic rings. The summed E-state index contributed by atoms with van der Waals surface area (Å²) in [7, 11) is -3.76. The molecule has 31 heavy (non-hydrogen) atoms. The smallest absolute Gasteiger partial charge is 0.388 e. The molecule has 1 heterocycles. The topological polar surface area (TPSA) is 77.9 Å². The lowest BCUT2D eigenvalue weighted by molar-refractivity contribution is -0.137. The molecule has 166 valence electrons. The molecule has 1 N–H and O–H groups in total. The van der Waals surface area contributed by atoms with Crippen LogP contribution in [0, 0.1) is 0 Å². The summed E-state index contributed by atoms with van der Waals surface area (Å²) in [5, 5.41) is 8.71. The van der Waals surface area contributed by atoms with Crippen LogP contribution in [0.3, 0.4) is 0 Å². The first-order valence-electron chi connectivity index (χ1n) is 9.45. The van der Waals surface area contributed by atoms with Gasteiger partial charge in [0.2, 0.25) is 10.0 Å². The second-order valence-electron chi connectivity index (χ2n) is 6.97. The van der Waals surface area contributed by atoms with E-state index < -0.39 is 34.2 Å². The molecule has 0 amide bonds. The molecule has 0 aromatic heterocycles. The molecule has 0 bridgehead atoms. The fraction of sp³-hybridized carbons (Fsp3) is 0.286. The standard InChI is InChI=1S/C21H21F3N2O4S/c22-21(23,24)17-2-1-3-18(14-17)25-10-12-26(13-11-25)31(29,30)20-8-5-16(6-9-20)4-7-19(28)15-27/h1-9,14,27H,10-13,15H2/b7-4+. The average Bonchev–Trinajstić information content (AvgIpc) is 2.77. The minimum absolute atomic E-state index is 0.0886. The zero-order valence-electron chi connectivity index (χ0n) is 16.4. The molecule has 0 atom stereocenters. The van der Waals surface area contributed by atoms with Crippen LogP contribution in [0.25, 0.3) is 6.08 Å². The first-order chi connectivity index (χ1) is 14.6. The van der Waals surface area contributed by atoms with Gasteiger partial charge in [0.15, 0.2) is 5.78 Å². The molecule has 1 saturated heterocycles. The van der Waals surface area contributed by atoms with Gasteiger partial charge in [-0.15, -0.1) is 0 Å². The molecule has 2 aromatic carbocycles. The van der Waals surface area contributed by atoms with Crippen molar-refractivity contribution in [3.8, 4) is 0 Å². The summed E-state index contributed by atoms with van der Waals surface area (Å²) in [5.74, 6) is -0.463. The van der Waals surface area contributed by atoms with Crippen LogP contribution in [0.5, 0.6) is 0 Å². The van der Waals surface area contributed by atoms with E-state index in [1.54, 1.807) is 23.1 Å². The number of alkyl halides is 3. The minimum atomic E-state index is -4.44. The SMILES string of the molecule is O=C(/C=C/c1ccc(S(=O)(=O)N2CCN(c3cccc(C(F)(F)F)c3)CC2)cc1)CO. The lowest BCUT2D eigenvalue weighted by Crippen LogP contribution is -2.48. The fourth-order valence-corrected chi connectivity index (χ4v) is 4.63. The van der Waals surface area contributed by atoms with Gasteiger partial charge in [0.25, 0.3) is 0 Å². The van der Waals surface area contributed by atoms with Crippen molar-refractivity contribution >= 4 is 27.6 Å². The highest BCUT2D eigenvalue weighted by molar-refractivity contribution is 7.89. The Bertz CT molecular complexity index is 1060. The van der Waals surface area contributed by atoms with Crippen molar-refractivity contribution in [2.24, 2.45) is 0 Å². The van der Waals surface area contributed by atoms with Crippen molar-refractivity contribution in [1.82, 2.24) is 4.31 Å². The quantitative estimate of drug-likeness (QED) is 0.680. The van der Waals surface area contributed by atoms with Gasteiger partial charge in [0.1, 0.15) is 6.61 Å². The van der Waals surface area contributed by atoms with Gasteiger partial charge in [-0.05, 0) is 42.0 Å². The molecule has 1 aliphatic heterocycles. The van der Waals surface area contributed by atoms with Crippen molar-refractivity contribution < 1.29 is 31.5 Å². The van der Waals surface area contributed by atoms with Crippen LogP contribution in [0.1, 0.15) is 11.1 Å². The first-order valence-corrected chi connectivity index (χ1v) is 10.9. The van der Waals surface area contributed by atoms with Crippen LogP contribution in [0.2, 0.25) is 0 Å². The highest BCUT2D eigenvalue weighted by Crippen LogP contribution is 2.32. The zero-order chi connectivity index (χ0) is 22.6. The van der Waals surface area contributed by atoms with Crippen molar-refractivity contribution in [3.05, 3.63) is 65.7 Å². The maximum absolute atomic E-state index is 12.9. The minimum Gasteiger partial charge on any atom is -0.388 e. The van der Waals surface area contributed by atoms with Gasteiger partial charge >= 0.3 is 6.18 Å². The summed E-state index contributed by atoms with van der Waals surface area (Å²) in [6.07, 6.45) is -1.76. The lowest BCUT2D eigenvalue weighted by atomic mass is 10.1. The molecule has 1 fully saturated rings. The van der Waals surface area contributed by atoms with E-state index in [1.165, 1.54) is 34.7 Å². The molecular weight excluding hydrogens is 433 g/mol. The van der Waals surface area contributed by atoms with E-state index in [0.717, 1.165) is 12.1 Å². The van der Waals surface area contributed by atoms with E-state index in [2.05, 4.69) is 0 Å². The van der Waals surface area contributed by atoms with E-state index in [4.69, 9.17) is 5.11 Å². The molecular formula is C21H21F3N2O4S. The van der Waals surface area contributed by atoms with E-state index in [0.29, 0.717) is 11.3 Å². The highest BCUT2D eigenvalue weighted by atomic mass is 32.2. The van der Waals surface area contributed by atoms with E-state index in [9.17, 15) is 26.4 Å². The number of benzene rings is 2. The third-order valence-corrected chi connectivity index (χ3v) is 6.83. The number of carbonyl (C=O) groups is 1. The number of anilines is 1. The Hall–Kier alpha value is -2.69. The third-order valence-electron chi connectivity index (χ3n) is 4.91. The molecule has 0 unspecified atom stereocenters. The van der Waals surface area contributed by atoms with Crippen molar-refractivity contribution in [2.45, 2.75) is 11.1 Å². The predicted octanol–water partition coefficient (Wildman–Crippen LogP) is 2.79. The Labute approximate surface area is 178 Å². The van der Waals surface area contributed by atoms with Crippen LogP contribution >= 0.6 is 0 Å². The second kappa shape index (κ2) is 9.21. The Morgan fingerprint density at radius 3 is 2.26 bits per heavy atom. The van der Waals surface area contributed by atoms with Crippen LogP contribution in [-0.4, -0.2) is 56.4 Å². The summed E-state index contributed by atoms with van der Waals surface area (Å²) in [6.45, 7) is 0.223. The summed E-state index contributed by atoms with van der Waals surface area (Å²) < 4.78 is 65.9. The largest absolute Gasteiger partial charge is 0.416 e. The molecule has 0 saturated carbocycles. The number of halogens is 3. The average molecular weight is 454 g/mol. The summed E-state index contributed by atoms with van der Waals surface area (Å²) >= 11 is 0. The lowest BCUT2D eigenvalue weighted by Gasteiger charge is -2.35. The Balaban J connectivity index is 1.67. The van der Waals surface area contributed by atoms with Gasteiger partial charge in [-0.1, -0.05) is 24.3 Å². The van der Waals surface area contributed by atoms with Gasteiger partial charge in [-0.25, -0.2) is 8.42 Å².